The molecule has 0 aliphatic heterocycles. The summed E-state index contributed by atoms with van der Waals surface area (Å²) in [5.74, 6) is 0. The van der Waals surface area contributed by atoms with Crippen molar-refractivity contribution in [3.8, 4) is 100 Å². The Morgan fingerprint density at radius 1 is 0.133 bits per heavy atom. The van der Waals surface area contributed by atoms with Crippen molar-refractivity contribution in [2.45, 2.75) is 0 Å². The van der Waals surface area contributed by atoms with Crippen molar-refractivity contribution < 1.29 is 0 Å². The minimum absolute atomic E-state index is 1.09. The number of para-hydroxylation sites is 2. The van der Waals surface area contributed by atoms with Crippen LogP contribution in [0.15, 0.2) is 485 Å². The lowest BCUT2D eigenvalue weighted by atomic mass is 10.00. The number of hydrogen-bond donors (Lipinski definition) is 0. The summed E-state index contributed by atoms with van der Waals surface area (Å²) in [4.78, 5) is 4.69. The SMILES string of the molecule is c1ccc(-c2ccc(-c3ccc(N(c4ccc(-c5ccccc5)cc4)c4ccc(-c5cccc(-n6c7ccccc7c7c8ccccc8ccc76)c5)cc4)cc3)cc2)cc1.c1ccc(-c2ccc(-c3ccc(N(c4ccc(-c5ccccc5)cc4)c4ccc(-c5cccc(-n6c7ccccc7c7cc8ccccc8cc76)c5)cc4)cc3)cc2)cc1. The molecule has 4 heteroatoms. The Morgan fingerprint density at radius 3 is 0.758 bits per heavy atom. The topological polar surface area (TPSA) is 16.3 Å². The minimum atomic E-state index is 1.09. The van der Waals surface area contributed by atoms with Crippen LogP contribution < -0.4 is 9.80 Å². The number of nitrogens with zero attached hydrogens (tertiary/aromatic N) is 4. The molecule has 0 saturated carbocycles. The highest BCUT2D eigenvalue weighted by Gasteiger charge is 2.21. The first-order valence-electron chi connectivity index (χ1n) is 41.2. The first-order valence-corrected chi connectivity index (χ1v) is 41.2. The van der Waals surface area contributed by atoms with E-state index < -0.39 is 0 Å². The first-order chi connectivity index (χ1) is 59.5. The molecule has 0 saturated heterocycles. The van der Waals surface area contributed by atoms with Gasteiger partial charge in [-0.15, -0.1) is 0 Å². The molecule has 0 N–H and O–H groups in total. The summed E-state index contributed by atoms with van der Waals surface area (Å²) < 4.78 is 4.83. The van der Waals surface area contributed by atoms with E-state index in [0.717, 1.165) is 45.5 Å². The van der Waals surface area contributed by atoms with Gasteiger partial charge in [0.2, 0.25) is 0 Å². The molecule has 0 unspecified atom stereocenters. The van der Waals surface area contributed by atoms with Gasteiger partial charge in [0, 0.05) is 67.0 Å². The van der Waals surface area contributed by atoms with Gasteiger partial charge in [-0.05, 0) is 238 Å². The van der Waals surface area contributed by atoms with Gasteiger partial charge in [-0.3, -0.25) is 0 Å². The third-order valence-electron chi connectivity index (χ3n) is 23.6. The molecule has 0 radical (unpaired) electrons. The normalized spacial score (nSPS) is 11.3. The van der Waals surface area contributed by atoms with Gasteiger partial charge in [-0.1, -0.05) is 358 Å². The highest BCUT2D eigenvalue weighted by atomic mass is 15.1. The van der Waals surface area contributed by atoms with Gasteiger partial charge in [-0.2, -0.15) is 0 Å². The van der Waals surface area contributed by atoms with Crippen LogP contribution in [0.25, 0.3) is 166 Å². The van der Waals surface area contributed by atoms with Crippen LogP contribution in [0.3, 0.4) is 0 Å². The second-order valence-electron chi connectivity index (χ2n) is 30.8. The molecule has 4 nitrogen and oxygen atoms in total. The maximum Gasteiger partial charge on any atom is 0.0547 e. The molecule has 0 spiro atoms. The molecule has 0 amide bonds. The Bertz CT molecular complexity index is 7100. The fourth-order valence-corrected chi connectivity index (χ4v) is 17.5. The molecule has 120 heavy (non-hydrogen) atoms. The molecule has 2 aromatic heterocycles. The van der Waals surface area contributed by atoms with Crippen LogP contribution in [0.4, 0.5) is 34.1 Å². The van der Waals surface area contributed by atoms with Crippen LogP contribution in [0, 0.1) is 0 Å². The van der Waals surface area contributed by atoms with Gasteiger partial charge in [0.25, 0.3) is 0 Å². The zero-order chi connectivity index (χ0) is 79.7. The number of rotatable bonds is 16. The summed E-state index contributed by atoms with van der Waals surface area (Å²) >= 11 is 0. The van der Waals surface area contributed by atoms with E-state index in [0.29, 0.717) is 0 Å². The lowest BCUT2D eigenvalue weighted by molar-refractivity contribution is 1.18. The summed E-state index contributed by atoms with van der Waals surface area (Å²) in [6.07, 6.45) is 0. The quantitative estimate of drug-likeness (QED) is 0.0959. The van der Waals surface area contributed by atoms with Crippen molar-refractivity contribution in [1.29, 1.82) is 0 Å². The van der Waals surface area contributed by atoms with Crippen LogP contribution in [-0.4, -0.2) is 9.13 Å². The van der Waals surface area contributed by atoms with Gasteiger partial charge in [-0.25, -0.2) is 0 Å². The third kappa shape index (κ3) is 14.0. The smallest absolute Gasteiger partial charge is 0.0547 e. The van der Waals surface area contributed by atoms with Gasteiger partial charge >= 0.3 is 0 Å². The Labute approximate surface area is 699 Å². The zero-order valence-electron chi connectivity index (χ0n) is 66.0. The standard InChI is InChI=1S/2C58H40N2/c1-3-12-41(13-4-1)43-22-24-44(25-23-43)46-28-35-51(36-29-46)59(50-33-26-45(27-34-50)42-14-5-2-6-15-42)52-37-30-47(31-38-52)49-17-11-18-53(40-49)60-56-21-10-9-20-55(56)58-54-19-8-7-16-48(54)32-39-57(58)60;1-3-12-41(13-4-1)43-22-24-44(25-23-43)46-28-34-52(35-29-46)59(51-32-26-45(27-33-51)42-14-5-2-6-15-42)53-36-30-47(31-37-53)48-18-11-19-54(38-48)60-57-21-10-9-20-55(57)56-39-49-16-7-8-17-50(49)40-58(56)60/h2*1-40H. The van der Waals surface area contributed by atoms with Crippen molar-refractivity contribution in [3.05, 3.63) is 485 Å². The molecule has 0 bridgehead atoms. The van der Waals surface area contributed by atoms with E-state index in [4.69, 9.17) is 0 Å². The van der Waals surface area contributed by atoms with Crippen LogP contribution in [0.2, 0.25) is 0 Å². The summed E-state index contributed by atoms with van der Waals surface area (Å²) in [6.45, 7) is 0. The Hall–Kier alpha value is -15.9. The lowest BCUT2D eigenvalue weighted by Crippen LogP contribution is -2.09. The fourth-order valence-electron chi connectivity index (χ4n) is 17.5. The Balaban J connectivity index is 0.000000148. The predicted octanol–water partition coefficient (Wildman–Crippen LogP) is 32.1. The van der Waals surface area contributed by atoms with Gasteiger partial charge in [0.15, 0.2) is 0 Å². The molecule has 564 valence electrons. The number of anilines is 6. The van der Waals surface area contributed by atoms with Gasteiger partial charge in [0.05, 0.1) is 22.1 Å². The van der Waals surface area contributed by atoms with Gasteiger partial charge in [0.1, 0.15) is 0 Å². The molecular weight excluding hydrogens is 1450 g/mol. The highest BCUT2D eigenvalue weighted by molar-refractivity contribution is 6.21. The monoisotopic (exact) mass is 1530 g/mol. The van der Waals surface area contributed by atoms with Crippen LogP contribution >= 0.6 is 0 Å². The maximum atomic E-state index is 2.41. The summed E-state index contributed by atoms with van der Waals surface area (Å²) in [7, 11) is 0. The number of benzene rings is 20. The zero-order valence-corrected chi connectivity index (χ0v) is 66.0. The molecule has 2 heterocycles. The molecule has 0 atom stereocenters. The van der Waals surface area contributed by atoms with E-state index in [1.54, 1.807) is 0 Å². The molecular formula is C116H80N4. The van der Waals surface area contributed by atoms with Crippen molar-refractivity contribution in [3.63, 3.8) is 0 Å². The summed E-state index contributed by atoms with van der Waals surface area (Å²) in [5, 5.41) is 10.1. The van der Waals surface area contributed by atoms with E-state index in [-0.39, 0.29) is 0 Å². The second kappa shape index (κ2) is 31.7. The number of fused-ring (bicyclic) bond motifs is 9. The molecule has 0 fully saturated rings. The molecule has 0 aliphatic rings. The van der Waals surface area contributed by atoms with Crippen LogP contribution in [0.1, 0.15) is 0 Å². The van der Waals surface area contributed by atoms with Crippen molar-refractivity contribution in [2.75, 3.05) is 9.80 Å². The van der Waals surface area contributed by atoms with E-state index in [1.165, 1.54) is 154 Å². The summed E-state index contributed by atoms with van der Waals surface area (Å²) in [5.41, 5.74) is 32.9. The van der Waals surface area contributed by atoms with E-state index >= 15 is 0 Å². The average Bonchev–Trinajstić information content (AvgIpc) is 1.58. The molecule has 0 aliphatic carbocycles. The number of aromatic nitrogens is 2. The fraction of sp³-hybridized carbons (Fsp3) is 0. The Kier molecular flexibility index (Phi) is 19.0. The predicted molar refractivity (Wildman–Crippen MR) is 509 cm³/mol. The largest absolute Gasteiger partial charge is 0.311 e. The van der Waals surface area contributed by atoms with Crippen LogP contribution in [0.5, 0.6) is 0 Å². The van der Waals surface area contributed by atoms with E-state index in [9.17, 15) is 0 Å². The van der Waals surface area contributed by atoms with E-state index in [1.807, 2.05) is 0 Å². The van der Waals surface area contributed by atoms with Gasteiger partial charge < -0.3 is 18.9 Å². The third-order valence-corrected chi connectivity index (χ3v) is 23.6. The number of hydrogen-bond acceptors (Lipinski definition) is 2. The minimum Gasteiger partial charge on any atom is -0.311 e. The second-order valence-corrected chi connectivity index (χ2v) is 30.8. The van der Waals surface area contributed by atoms with E-state index in [2.05, 4.69) is 504 Å². The van der Waals surface area contributed by atoms with Crippen LogP contribution in [-0.2, 0) is 0 Å². The highest BCUT2D eigenvalue weighted by Crippen LogP contribution is 2.44. The summed E-state index contributed by atoms with van der Waals surface area (Å²) in [6, 6.07) is 175. The van der Waals surface area contributed by atoms with Crippen molar-refractivity contribution in [2.24, 2.45) is 0 Å². The average molecular weight is 1530 g/mol. The van der Waals surface area contributed by atoms with Crippen molar-refractivity contribution >= 4 is 99.3 Å². The Morgan fingerprint density at radius 2 is 0.392 bits per heavy atom. The lowest BCUT2D eigenvalue weighted by Gasteiger charge is -2.26. The molecule has 20 aromatic carbocycles. The maximum absolute atomic E-state index is 2.41. The first kappa shape index (κ1) is 71.9. The molecule has 22 rings (SSSR count). The molecule has 22 aromatic rings. The van der Waals surface area contributed by atoms with Crippen molar-refractivity contribution in [1.82, 2.24) is 9.13 Å².